The second-order valence-electron chi connectivity index (χ2n) is 7.53. The molecule has 0 radical (unpaired) electrons. The van der Waals surface area contributed by atoms with E-state index in [0.29, 0.717) is 11.3 Å². The molecule has 1 amide bonds. The minimum Gasteiger partial charge on any atom is -0.449 e. The van der Waals surface area contributed by atoms with Crippen molar-refractivity contribution >= 4 is 23.3 Å². The molecule has 8 nitrogen and oxygen atoms in total. The number of benzene rings is 2. The fourth-order valence-corrected chi connectivity index (χ4v) is 3.60. The monoisotopic (exact) mass is 429 g/mol. The minimum atomic E-state index is -1.11. The van der Waals surface area contributed by atoms with Gasteiger partial charge < -0.3 is 14.5 Å². The third-order valence-electron chi connectivity index (χ3n) is 5.17. The van der Waals surface area contributed by atoms with Crippen LogP contribution in [0, 0.1) is 15.9 Å². The summed E-state index contributed by atoms with van der Waals surface area (Å²) in [6.45, 7) is 3.03. The van der Waals surface area contributed by atoms with Gasteiger partial charge in [-0.2, -0.15) is 0 Å². The van der Waals surface area contributed by atoms with E-state index in [0.717, 1.165) is 25.9 Å². The van der Waals surface area contributed by atoms with E-state index in [1.54, 1.807) is 18.2 Å². The Hall–Kier alpha value is -3.49. The lowest BCUT2D eigenvalue weighted by Gasteiger charge is -2.22. The van der Waals surface area contributed by atoms with E-state index in [1.807, 2.05) is 4.90 Å². The van der Waals surface area contributed by atoms with Crippen LogP contribution in [0.1, 0.15) is 35.7 Å². The standard InChI is InChI=1S/C22H24FN3O5/c1-15(21(27)24(2)14-16-6-5-7-18(23)12-16)31-22(28)17-8-9-19(20(13-17)26(29)30)25-10-3-4-11-25/h5-9,12-13,15H,3-4,10-11,14H2,1-2H3/t15-/m1/s1. The number of nitrogens with zero attached hydrogens (tertiary/aromatic N) is 3. The molecule has 1 fully saturated rings. The lowest BCUT2D eigenvalue weighted by atomic mass is 10.1. The first-order valence-electron chi connectivity index (χ1n) is 10.00. The highest BCUT2D eigenvalue weighted by molar-refractivity contribution is 5.93. The molecule has 0 spiro atoms. The minimum absolute atomic E-state index is 0.00193. The van der Waals surface area contributed by atoms with Gasteiger partial charge >= 0.3 is 5.97 Å². The summed E-state index contributed by atoms with van der Waals surface area (Å²) >= 11 is 0. The van der Waals surface area contributed by atoms with Crippen molar-refractivity contribution in [2.75, 3.05) is 25.0 Å². The Kier molecular flexibility index (Phi) is 6.84. The number of hydrogen-bond acceptors (Lipinski definition) is 6. The maximum Gasteiger partial charge on any atom is 0.339 e. The van der Waals surface area contributed by atoms with Crippen molar-refractivity contribution in [3.8, 4) is 0 Å². The number of rotatable bonds is 7. The van der Waals surface area contributed by atoms with Crippen molar-refractivity contribution in [3.05, 3.63) is 69.5 Å². The van der Waals surface area contributed by atoms with Gasteiger partial charge in [-0.1, -0.05) is 12.1 Å². The van der Waals surface area contributed by atoms with Gasteiger partial charge in [0.05, 0.1) is 10.5 Å². The quantitative estimate of drug-likeness (QED) is 0.380. The maximum absolute atomic E-state index is 13.3. The number of amides is 1. The molecule has 1 heterocycles. The zero-order valence-electron chi connectivity index (χ0n) is 17.4. The van der Waals surface area contributed by atoms with Crippen molar-refractivity contribution < 1.29 is 23.6 Å². The van der Waals surface area contributed by atoms with E-state index in [9.17, 15) is 24.1 Å². The number of hydrogen-bond donors (Lipinski definition) is 0. The summed E-state index contributed by atoms with van der Waals surface area (Å²) in [4.78, 5) is 39.3. The Labute approximate surface area is 179 Å². The predicted molar refractivity (Wildman–Crippen MR) is 112 cm³/mol. The smallest absolute Gasteiger partial charge is 0.339 e. The lowest BCUT2D eigenvalue weighted by molar-refractivity contribution is -0.384. The van der Waals surface area contributed by atoms with Crippen LogP contribution in [0.3, 0.4) is 0 Å². The van der Waals surface area contributed by atoms with Gasteiger partial charge in [-0.25, -0.2) is 9.18 Å². The van der Waals surface area contributed by atoms with E-state index in [-0.39, 0.29) is 17.8 Å². The Balaban J connectivity index is 1.67. The molecule has 1 saturated heterocycles. The summed E-state index contributed by atoms with van der Waals surface area (Å²) in [6, 6.07) is 10.1. The molecule has 3 rings (SSSR count). The maximum atomic E-state index is 13.3. The second-order valence-corrected chi connectivity index (χ2v) is 7.53. The van der Waals surface area contributed by atoms with Crippen molar-refractivity contribution in [1.29, 1.82) is 0 Å². The SMILES string of the molecule is C[C@@H](OC(=O)c1ccc(N2CCCC2)c([N+](=O)[O-])c1)C(=O)N(C)Cc1cccc(F)c1. The fraction of sp³-hybridized carbons (Fsp3) is 0.364. The molecule has 0 saturated carbocycles. The topological polar surface area (TPSA) is 93.0 Å². The molecule has 164 valence electrons. The van der Waals surface area contributed by atoms with E-state index in [1.165, 1.54) is 43.1 Å². The van der Waals surface area contributed by atoms with Gasteiger partial charge in [-0.15, -0.1) is 0 Å². The van der Waals surface area contributed by atoms with Crippen LogP contribution in [-0.4, -0.2) is 47.9 Å². The summed E-state index contributed by atoms with van der Waals surface area (Å²) in [5.41, 5.74) is 0.904. The number of halogens is 1. The predicted octanol–water partition coefficient (Wildman–Crippen LogP) is 3.54. The van der Waals surface area contributed by atoms with Crippen molar-refractivity contribution in [3.63, 3.8) is 0 Å². The highest BCUT2D eigenvalue weighted by Crippen LogP contribution is 2.32. The van der Waals surface area contributed by atoms with E-state index < -0.39 is 28.7 Å². The van der Waals surface area contributed by atoms with Gasteiger partial charge in [0.1, 0.15) is 11.5 Å². The van der Waals surface area contributed by atoms with Gasteiger partial charge in [0, 0.05) is 32.7 Å². The summed E-state index contributed by atoms with van der Waals surface area (Å²) in [7, 11) is 1.52. The number of nitro groups is 1. The van der Waals surface area contributed by atoms with Crippen LogP contribution in [0.25, 0.3) is 0 Å². The number of anilines is 1. The molecule has 2 aromatic rings. The number of esters is 1. The normalized spacial score (nSPS) is 14.2. The summed E-state index contributed by atoms with van der Waals surface area (Å²) in [5, 5.41) is 11.5. The summed E-state index contributed by atoms with van der Waals surface area (Å²) in [5.74, 6) is -1.70. The van der Waals surface area contributed by atoms with Crippen molar-refractivity contribution in [1.82, 2.24) is 4.90 Å². The largest absolute Gasteiger partial charge is 0.449 e. The number of carbonyl (C=O) groups excluding carboxylic acids is 2. The first kappa shape index (κ1) is 22.2. The average molecular weight is 429 g/mol. The van der Waals surface area contributed by atoms with Crippen molar-refractivity contribution in [2.45, 2.75) is 32.4 Å². The van der Waals surface area contributed by atoms with Crippen LogP contribution in [0.5, 0.6) is 0 Å². The molecule has 2 aromatic carbocycles. The van der Waals surface area contributed by atoms with Gasteiger partial charge in [-0.3, -0.25) is 14.9 Å². The van der Waals surface area contributed by atoms with E-state index in [4.69, 9.17) is 4.74 Å². The second kappa shape index (κ2) is 9.55. The third-order valence-corrected chi connectivity index (χ3v) is 5.17. The number of ether oxygens (including phenoxy) is 1. The highest BCUT2D eigenvalue weighted by atomic mass is 19.1. The zero-order chi connectivity index (χ0) is 22.5. The molecular formula is C22H24FN3O5. The number of carbonyl (C=O) groups is 2. The molecule has 1 aliphatic rings. The molecule has 0 aromatic heterocycles. The molecule has 1 atom stereocenters. The molecular weight excluding hydrogens is 405 g/mol. The van der Waals surface area contributed by atoms with Gasteiger partial charge in [0.15, 0.2) is 6.10 Å². The molecule has 0 unspecified atom stereocenters. The lowest BCUT2D eigenvalue weighted by Crippen LogP contribution is -2.37. The third kappa shape index (κ3) is 5.36. The van der Waals surface area contributed by atoms with Crippen LogP contribution in [-0.2, 0) is 16.1 Å². The van der Waals surface area contributed by atoms with Gasteiger partial charge in [-0.05, 0) is 49.6 Å². The van der Waals surface area contributed by atoms with Crippen LogP contribution in [0.4, 0.5) is 15.8 Å². The van der Waals surface area contributed by atoms with Gasteiger partial charge in [0.25, 0.3) is 11.6 Å². The fourth-order valence-electron chi connectivity index (χ4n) is 3.60. The van der Waals surface area contributed by atoms with Crippen LogP contribution >= 0.6 is 0 Å². The zero-order valence-corrected chi connectivity index (χ0v) is 17.4. The molecule has 9 heteroatoms. The Morgan fingerprint density at radius 1 is 1.23 bits per heavy atom. The highest BCUT2D eigenvalue weighted by Gasteiger charge is 2.26. The first-order chi connectivity index (χ1) is 14.8. The average Bonchev–Trinajstić information content (AvgIpc) is 3.27. The van der Waals surface area contributed by atoms with Crippen LogP contribution in [0.15, 0.2) is 42.5 Å². The summed E-state index contributed by atoms with van der Waals surface area (Å²) in [6.07, 6.45) is 0.816. The van der Waals surface area contributed by atoms with Crippen molar-refractivity contribution in [2.24, 2.45) is 0 Å². The first-order valence-corrected chi connectivity index (χ1v) is 10.00. The molecule has 31 heavy (non-hydrogen) atoms. The van der Waals surface area contributed by atoms with E-state index in [2.05, 4.69) is 0 Å². The van der Waals surface area contributed by atoms with E-state index >= 15 is 0 Å². The van der Waals surface area contributed by atoms with Gasteiger partial charge in [0.2, 0.25) is 0 Å². The molecule has 0 bridgehead atoms. The van der Waals surface area contributed by atoms with Crippen LogP contribution in [0.2, 0.25) is 0 Å². The number of likely N-dealkylation sites (N-methyl/N-ethyl adjacent to an activating group) is 1. The summed E-state index contributed by atoms with van der Waals surface area (Å²) < 4.78 is 18.6. The Bertz CT molecular complexity index is 991. The Morgan fingerprint density at radius 3 is 2.58 bits per heavy atom. The molecule has 1 aliphatic heterocycles. The Morgan fingerprint density at radius 2 is 1.94 bits per heavy atom. The molecule has 0 aliphatic carbocycles. The van der Waals surface area contributed by atoms with Crippen LogP contribution < -0.4 is 4.90 Å². The number of nitro benzene ring substituents is 1. The molecule has 0 N–H and O–H groups in total.